The number of carbonyl (C=O) groups is 1. The molecular formula is C17H14N2O2. The number of benzene rings is 2. The number of aromatic nitrogens is 2. The highest BCUT2D eigenvalue weighted by Crippen LogP contribution is 2.14. The summed E-state index contributed by atoms with van der Waals surface area (Å²) in [4.78, 5) is 18.3. The van der Waals surface area contributed by atoms with Gasteiger partial charge in [-0.15, -0.1) is 0 Å². The van der Waals surface area contributed by atoms with E-state index in [9.17, 15) is 4.79 Å². The van der Waals surface area contributed by atoms with Gasteiger partial charge in [0.05, 0.1) is 11.0 Å². The van der Waals surface area contributed by atoms with Crippen molar-refractivity contribution in [1.82, 2.24) is 9.97 Å². The highest BCUT2D eigenvalue weighted by Gasteiger charge is 2.03. The number of carboxylic acid groups (broad SMARTS) is 1. The van der Waals surface area contributed by atoms with Gasteiger partial charge in [-0.05, 0) is 29.3 Å². The summed E-state index contributed by atoms with van der Waals surface area (Å²) in [6, 6.07) is 15.7. The molecule has 0 aliphatic heterocycles. The van der Waals surface area contributed by atoms with Crippen LogP contribution in [0.25, 0.3) is 17.1 Å². The van der Waals surface area contributed by atoms with Crippen LogP contribution in [0.5, 0.6) is 0 Å². The van der Waals surface area contributed by atoms with Crippen LogP contribution in [-0.2, 0) is 11.2 Å². The summed E-state index contributed by atoms with van der Waals surface area (Å²) in [5.74, 6) is -0.0219. The summed E-state index contributed by atoms with van der Waals surface area (Å²) in [6.45, 7) is 0. The summed E-state index contributed by atoms with van der Waals surface area (Å²) >= 11 is 0. The molecule has 0 saturated carbocycles. The zero-order valence-electron chi connectivity index (χ0n) is 11.3. The maximum atomic E-state index is 10.5. The van der Waals surface area contributed by atoms with Gasteiger partial charge in [-0.25, -0.2) is 9.78 Å². The van der Waals surface area contributed by atoms with E-state index in [1.165, 1.54) is 0 Å². The van der Waals surface area contributed by atoms with Gasteiger partial charge in [0, 0.05) is 12.5 Å². The zero-order chi connectivity index (χ0) is 14.7. The number of hydrogen-bond acceptors (Lipinski definition) is 2. The number of fused-ring (bicyclic) bond motifs is 1. The van der Waals surface area contributed by atoms with E-state index in [1.54, 1.807) is 6.08 Å². The van der Waals surface area contributed by atoms with Crippen molar-refractivity contribution in [1.29, 1.82) is 0 Å². The Labute approximate surface area is 121 Å². The minimum absolute atomic E-state index is 0.720. The molecule has 0 unspecified atom stereocenters. The maximum Gasteiger partial charge on any atom is 0.328 e. The maximum absolute atomic E-state index is 10.5. The summed E-state index contributed by atoms with van der Waals surface area (Å²) in [7, 11) is 0. The van der Waals surface area contributed by atoms with Gasteiger partial charge >= 0.3 is 5.97 Å². The number of nitrogens with zero attached hydrogens (tertiary/aromatic N) is 1. The van der Waals surface area contributed by atoms with Crippen LogP contribution < -0.4 is 0 Å². The lowest BCUT2D eigenvalue weighted by Crippen LogP contribution is -1.91. The standard InChI is InChI=1S/C17H14N2O2/c20-17(21)10-9-12-5-7-13(8-6-12)11-16-18-14-3-1-2-4-15(14)19-16/h1-10H,11H2,(H,18,19)(H,20,21). The quantitative estimate of drug-likeness (QED) is 0.720. The Bertz CT molecular complexity index is 768. The second kappa shape index (κ2) is 5.63. The lowest BCUT2D eigenvalue weighted by Gasteiger charge is -1.99. The second-order valence-electron chi connectivity index (χ2n) is 4.79. The average Bonchev–Trinajstić information content (AvgIpc) is 2.88. The Morgan fingerprint density at radius 3 is 2.62 bits per heavy atom. The monoisotopic (exact) mass is 278 g/mol. The van der Waals surface area contributed by atoms with Crippen LogP contribution in [0.2, 0.25) is 0 Å². The van der Waals surface area contributed by atoms with E-state index in [4.69, 9.17) is 5.11 Å². The van der Waals surface area contributed by atoms with Gasteiger partial charge in [-0.2, -0.15) is 0 Å². The largest absolute Gasteiger partial charge is 0.478 e. The minimum Gasteiger partial charge on any atom is -0.478 e. The molecular weight excluding hydrogens is 264 g/mol. The van der Waals surface area contributed by atoms with E-state index in [0.717, 1.165) is 40.5 Å². The van der Waals surface area contributed by atoms with Crippen LogP contribution in [0.1, 0.15) is 17.0 Å². The Hall–Kier alpha value is -2.88. The highest BCUT2D eigenvalue weighted by molar-refractivity contribution is 5.85. The molecule has 4 nitrogen and oxygen atoms in total. The number of carboxylic acids is 1. The molecule has 0 amide bonds. The van der Waals surface area contributed by atoms with Crippen molar-refractivity contribution in [3.05, 3.63) is 71.6 Å². The first-order chi connectivity index (χ1) is 10.2. The fraction of sp³-hybridized carbons (Fsp3) is 0.0588. The lowest BCUT2D eigenvalue weighted by atomic mass is 10.1. The molecule has 4 heteroatoms. The Morgan fingerprint density at radius 2 is 1.90 bits per heavy atom. The van der Waals surface area contributed by atoms with Gasteiger partial charge in [0.1, 0.15) is 5.82 Å². The molecule has 0 saturated heterocycles. The predicted octanol–water partition coefficient (Wildman–Crippen LogP) is 3.25. The molecule has 1 aromatic heterocycles. The van der Waals surface area contributed by atoms with Gasteiger partial charge in [-0.3, -0.25) is 0 Å². The fourth-order valence-corrected chi connectivity index (χ4v) is 2.20. The topological polar surface area (TPSA) is 66.0 Å². The van der Waals surface area contributed by atoms with Crippen molar-refractivity contribution in [3.8, 4) is 0 Å². The lowest BCUT2D eigenvalue weighted by molar-refractivity contribution is -0.131. The number of aliphatic carboxylic acids is 1. The molecule has 0 fully saturated rings. The van der Waals surface area contributed by atoms with E-state index in [1.807, 2.05) is 48.5 Å². The number of hydrogen-bond donors (Lipinski definition) is 2. The van der Waals surface area contributed by atoms with Gasteiger partial charge in [0.15, 0.2) is 0 Å². The Morgan fingerprint density at radius 1 is 1.14 bits per heavy atom. The molecule has 0 aliphatic rings. The van der Waals surface area contributed by atoms with Crippen molar-refractivity contribution in [2.45, 2.75) is 6.42 Å². The molecule has 21 heavy (non-hydrogen) atoms. The highest BCUT2D eigenvalue weighted by atomic mass is 16.4. The van der Waals surface area contributed by atoms with E-state index >= 15 is 0 Å². The molecule has 0 radical (unpaired) electrons. The molecule has 0 spiro atoms. The van der Waals surface area contributed by atoms with E-state index in [0.29, 0.717) is 0 Å². The third-order valence-corrected chi connectivity index (χ3v) is 3.21. The van der Waals surface area contributed by atoms with Crippen molar-refractivity contribution < 1.29 is 9.90 Å². The zero-order valence-corrected chi connectivity index (χ0v) is 11.3. The Kier molecular flexibility index (Phi) is 3.51. The molecule has 0 bridgehead atoms. The molecule has 2 N–H and O–H groups in total. The van der Waals surface area contributed by atoms with Crippen LogP contribution in [0.15, 0.2) is 54.6 Å². The molecule has 0 atom stereocenters. The van der Waals surface area contributed by atoms with Crippen molar-refractivity contribution in [2.75, 3.05) is 0 Å². The number of imidazole rings is 1. The predicted molar refractivity (Wildman–Crippen MR) is 82.0 cm³/mol. The SMILES string of the molecule is O=C(O)C=Cc1ccc(Cc2nc3ccccc3[nH]2)cc1. The number of nitrogens with one attached hydrogen (secondary N) is 1. The summed E-state index contributed by atoms with van der Waals surface area (Å²) in [5.41, 5.74) is 3.99. The fourth-order valence-electron chi connectivity index (χ4n) is 2.20. The van der Waals surface area contributed by atoms with Crippen molar-refractivity contribution in [2.24, 2.45) is 0 Å². The number of aromatic amines is 1. The van der Waals surface area contributed by atoms with E-state index in [2.05, 4.69) is 9.97 Å². The molecule has 3 rings (SSSR count). The van der Waals surface area contributed by atoms with Crippen molar-refractivity contribution >= 4 is 23.1 Å². The van der Waals surface area contributed by atoms with Crippen LogP contribution in [0.4, 0.5) is 0 Å². The summed E-state index contributed by atoms with van der Waals surface area (Å²) in [5, 5.41) is 8.59. The molecule has 2 aromatic carbocycles. The van der Waals surface area contributed by atoms with Crippen LogP contribution in [-0.4, -0.2) is 21.0 Å². The first-order valence-electron chi connectivity index (χ1n) is 6.64. The van der Waals surface area contributed by atoms with Crippen LogP contribution in [0, 0.1) is 0 Å². The normalized spacial score (nSPS) is 11.2. The molecule has 104 valence electrons. The van der Waals surface area contributed by atoms with Crippen LogP contribution >= 0.6 is 0 Å². The number of rotatable bonds is 4. The molecule has 0 aliphatic carbocycles. The summed E-state index contributed by atoms with van der Waals surface area (Å²) in [6.07, 6.45) is 3.43. The van der Waals surface area contributed by atoms with Gasteiger partial charge in [0.2, 0.25) is 0 Å². The minimum atomic E-state index is -0.943. The summed E-state index contributed by atoms with van der Waals surface area (Å²) < 4.78 is 0. The van der Waals surface area contributed by atoms with E-state index in [-0.39, 0.29) is 0 Å². The molecule has 1 heterocycles. The number of H-pyrrole nitrogens is 1. The van der Waals surface area contributed by atoms with Gasteiger partial charge in [-0.1, -0.05) is 36.4 Å². The van der Waals surface area contributed by atoms with Crippen LogP contribution in [0.3, 0.4) is 0 Å². The third kappa shape index (κ3) is 3.17. The van der Waals surface area contributed by atoms with E-state index < -0.39 is 5.97 Å². The smallest absolute Gasteiger partial charge is 0.328 e. The van der Waals surface area contributed by atoms with Gasteiger partial charge < -0.3 is 10.1 Å². The van der Waals surface area contributed by atoms with Gasteiger partial charge in [0.25, 0.3) is 0 Å². The number of para-hydroxylation sites is 2. The molecule has 3 aromatic rings. The average molecular weight is 278 g/mol. The second-order valence-corrected chi connectivity index (χ2v) is 4.79. The first-order valence-corrected chi connectivity index (χ1v) is 6.64. The third-order valence-electron chi connectivity index (χ3n) is 3.21. The van der Waals surface area contributed by atoms with Crippen molar-refractivity contribution in [3.63, 3.8) is 0 Å². The first kappa shape index (κ1) is 13.1. The Balaban J connectivity index is 1.77.